The van der Waals surface area contributed by atoms with Crippen molar-refractivity contribution in [2.45, 2.75) is 22.6 Å². The molecule has 1 unspecified atom stereocenters. The van der Waals surface area contributed by atoms with E-state index in [2.05, 4.69) is 15.9 Å². The van der Waals surface area contributed by atoms with Gasteiger partial charge in [0.25, 0.3) is 5.91 Å². The van der Waals surface area contributed by atoms with E-state index >= 15 is 0 Å². The van der Waals surface area contributed by atoms with Gasteiger partial charge in [-0.25, -0.2) is 0 Å². The third-order valence-corrected chi connectivity index (χ3v) is 6.38. The molecule has 1 amide bonds. The Hall–Kier alpha value is -1.11. The number of alkyl halides is 1. The van der Waals surface area contributed by atoms with E-state index in [0.717, 1.165) is 5.57 Å². The number of hydrogen-bond acceptors (Lipinski definition) is 4. The molecule has 1 aromatic rings. The maximum absolute atomic E-state index is 12.8. The Labute approximate surface area is 135 Å². The van der Waals surface area contributed by atoms with Gasteiger partial charge in [-0.2, -0.15) is 0 Å². The number of rotatable bonds is 3. The fraction of sp³-hybridized carbons (Fsp3) is 0.333. The number of benzene rings is 1. The second-order valence-corrected chi connectivity index (χ2v) is 7.68. The van der Waals surface area contributed by atoms with E-state index < -0.39 is 6.10 Å². The summed E-state index contributed by atoms with van der Waals surface area (Å²) in [5.74, 6) is -0.265. The normalized spacial score (nSPS) is 28.2. The lowest BCUT2D eigenvalue weighted by Crippen LogP contribution is -2.65. The van der Waals surface area contributed by atoms with Gasteiger partial charge < -0.3 is 4.74 Å². The van der Waals surface area contributed by atoms with Crippen LogP contribution in [0.3, 0.4) is 0 Å². The molecule has 2 aliphatic heterocycles. The molecular formula is C15H14BrNO3S. The third-order valence-electron chi connectivity index (χ3n) is 3.71. The van der Waals surface area contributed by atoms with E-state index in [9.17, 15) is 9.59 Å². The monoisotopic (exact) mass is 367 g/mol. The van der Waals surface area contributed by atoms with Crippen molar-refractivity contribution in [3.05, 3.63) is 47.2 Å². The fourth-order valence-corrected chi connectivity index (χ4v) is 4.70. The Kier molecular flexibility index (Phi) is 3.94. The molecule has 0 N–H and O–H groups in total. The number of β-lactam (4-membered cyclic amide) rings is 1. The molecule has 4 nitrogen and oxygen atoms in total. The minimum absolute atomic E-state index is 0.00663. The van der Waals surface area contributed by atoms with Gasteiger partial charge in [0.05, 0.1) is 9.86 Å². The number of amides is 1. The summed E-state index contributed by atoms with van der Waals surface area (Å²) in [6.07, 6.45) is -0.471. The largest absolute Gasteiger partial charge is 0.368 e. The van der Waals surface area contributed by atoms with Crippen molar-refractivity contribution in [2.24, 2.45) is 0 Å². The molecule has 0 spiro atoms. The quantitative estimate of drug-likeness (QED) is 0.468. The maximum atomic E-state index is 12.8. The molecule has 1 aromatic carbocycles. The summed E-state index contributed by atoms with van der Waals surface area (Å²) in [6, 6.07) is 9.03. The lowest BCUT2D eigenvalue weighted by atomic mass is 9.99. The molecule has 3 rings (SSSR count). The molecule has 0 bridgehead atoms. The number of hydrogen-bond donors (Lipinski definition) is 0. The number of ketones is 1. The highest BCUT2D eigenvalue weighted by atomic mass is 79.9. The Balaban J connectivity index is 2.01. The first kappa shape index (κ1) is 14.8. The molecule has 1 fully saturated rings. The first-order chi connectivity index (χ1) is 10.1. The van der Waals surface area contributed by atoms with Crippen LogP contribution in [0.15, 0.2) is 41.6 Å². The van der Waals surface area contributed by atoms with E-state index in [0.29, 0.717) is 11.3 Å². The Morgan fingerprint density at radius 1 is 1.33 bits per heavy atom. The van der Waals surface area contributed by atoms with Crippen LogP contribution in [0.5, 0.6) is 0 Å². The highest BCUT2D eigenvalue weighted by Gasteiger charge is 2.55. The zero-order valence-corrected chi connectivity index (χ0v) is 14.0. The number of methoxy groups -OCH3 is 1. The van der Waals surface area contributed by atoms with Crippen molar-refractivity contribution in [1.29, 1.82) is 0 Å². The van der Waals surface area contributed by atoms with E-state index in [1.54, 1.807) is 28.8 Å². The van der Waals surface area contributed by atoms with Gasteiger partial charge in [0.2, 0.25) is 5.78 Å². The standard InChI is InChI=1S/C15H14BrNO3S/c1-8-10(11(18)9-6-4-3-5-7-9)17-14(19)12(20-2)15(17)21-13(8)16/h3-7,12-13,15H,1-2H3/t12-,13?,15+/m0/s1. The number of carbonyl (C=O) groups is 2. The van der Waals surface area contributed by atoms with Crippen molar-refractivity contribution in [3.8, 4) is 0 Å². The summed E-state index contributed by atoms with van der Waals surface area (Å²) in [5, 5.41) is -0.141. The minimum atomic E-state index is -0.471. The molecular weight excluding hydrogens is 354 g/mol. The first-order valence-electron chi connectivity index (χ1n) is 6.52. The number of carbonyl (C=O) groups excluding carboxylic acids is 2. The van der Waals surface area contributed by atoms with Crippen molar-refractivity contribution < 1.29 is 14.3 Å². The van der Waals surface area contributed by atoms with Gasteiger partial charge in [0.15, 0.2) is 6.10 Å². The molecule has 21 heavy (non-hydrogen) atoms. The summed E-state index contributed by atoms with van der Waals surface area (Å²) >= 11 is 5.16. The van der Waals surface area contributed by atoms with Gasteiger partial charge >= 0.3 is 0 Å². The zero-order valence-electron chi connectivity index (χ0n) is 11.6. The van der Waals surface area contributed by atoms with Crippen molar-refractivity contribution in [2.75, 3.05) is 7.11 Å². The van der Waals surface area contributed by atoms with Gasteiger partial charge in [-0.15, -0.1) is 11.8 Å². The van der Waals surface area contributed by atoms with E-state index in [1.165, 1.54) is 7.11 Å². The number of allylic oxidation sites excluding steroid dienone is 1. The number of ether oxygens (including phenoxy) is 1. The molecule has 2 aliphatic rings. The van der Waals surface area contributed by atoms with Gasteiger partial charge in [-0.1, -0.05) is 46.3 Å². The van der Waals surface area contributed by atoms with Crippen LogP contribution < -0.4 is 0 Å². The second kappa shape index (κ2) is 5.59. The smallest absolute Gasteiger partial charge is 0.260 e. The van der Waals surface area contributed by atoms with E-state index in [4.69, 9.17) is 4.74 Å². The predicted molar refractivity (Wildman–Crippen MR) is 85.2 cm³/mol. The highest BCUT2D eigenvalue weighted by molar-refractivity contribution is 9.11. The number of Topliss-reactive ketones (excluding diaryl/α,β-unsaturated/α-hetero) is 1. The number of halogens is 1. The fourth-order valence-electron chi connectivity index (χ4n) is 2.56. The van der Waals surface area contributed by atoms with Crippen LogP contribution in [0.2, 0.25) is 0 Å². The number of thioether (sulfide) groups is 1. The average Bonchev–Trinajstić information content (AvgIpc) is 2.51. The van der Waals surface area contributed by atoms with Gasteiger partial charge in [-0.05, 0) is 12.5 Å². The van der Waals surface area contributed by atoms with Crippen LogP contribution in [0.4, 0.5) is 0 Å². The van der Waals surface area contributed by atoms with Gasteiger partial charge in [0.1, 0.15) is 5.37 Å². The third kappa shape index (κ3) is 2.25. The maximum Gasteiger partial charge on any atom is 0.260 e. The van der Waals surface area contributed by atoms with Crippen molar-refractivity contribution in [1.82, 2.24) is 4.90 Å². The topological polar surface area (TPSA) is 46.6 Å². The zero-order chi connectivity index (χ0) is 15.1. The molecule has 1 saturated heterocycles. The molecule has 0 aliphatic carbocycles. The Morgan fingerprint density at radius 3 is 2.62 bits per heavy atom. The number of fused-ring (bicyclic) bond motifs is 1. The lowest BCUT2D eigenvalue weighted by molar-refractivity contribution is -0.158. The predicted octanol–water partition coefficient (Wildman–Crippen LogP) is 2.79. The summed E-state index contributed by atoms with van der Waals surface area (Å²) in [4.78, 5) is 26.5. The SMILES string of the molecule is CO[C@H]1C(=O)N2C(C(=O)c3ccccc3)=C(C)C(Br)S[C@H]12. The van der Waals surface area contributed by atoms with Crippen LogP contribution in [0, 0.1) is 0 Å². The molecule has 110 valence electrons. The summed E-state index contributed by atoms with van der Waals surface area (Å²) in [6.45, 7) is 1.88. The molecule has 0 saturated carbocycles. The Bertz CT molecular complexity index is 631. The summed E-state index contributed by atoms with van der Waals surface area (Å²) in [5.41, 5.74) is 1.93. The molecule has 0 aromatic heterocycles. The minimum Gasteiger partial charge on any atom is -0.368 e. The summed E-state index contributed by atoms with van der Waals surface area (Å²) < 4.78 is 5.23. The van der Waals surface area contributed by atoms with Crippen molar-refractivity contribution >= 4 is 39.4 Å². The van der Waals surface area contributed by atoms with Crippen LogP contribution in [-0.4, -0.2) is 39.3 Å². The first-order valence-corrected chi connectivity index (χ1v) is 8.38. The van der Waals surface area contributed by atoms with E-state index in [-0.39, 0.29) is 21.2 Å². The Morgan fingerprint density at radius 2 is 2.00 bits per heavy atom. The van der Waals surface area contributed by atoms with Crippen LogP contribution in [0.1, 0.15) is 17.3 Å². The highest BCUT2D eigenvalue weighted by Crippen LogP contribution is 2.47. The van der Waals surface area contributed by atoms with Crippen LogP contribution >= 0.6 is 27.7 Å². The molecule has 3 atom stereocenters. The average molecular weight is 368 g/mol. The van der Waals surface area contributed by atoms with Crippen molar-refractivity contribution in [3.63, 3.8) is 0 Å². The van der Waals surface area contributed by atoms with Crippen LogP contribution in [-0.2, 0) is 9.53 Å². The van der Waals surface area contributed by atoms with E-state index in [1.807, 2.05) is 25.1 Å². The second-order valence-electron chi connectivity index (χ2n) is 4.93. The van der Waals surface area contributed by atoms with Gasteiger partial charge in [0, 0.05) is 12.7 Å². The van der Waals surface area contributed by atoms with Crippen LogP contribution in [0.25, 0.3) is 0 Å². The van der Waals surface area contributed by atoms with Gasteiger partial charge in [-0.3, -0.25) is 14.5 Å². The molecule has 2 heterocycles. The lowest BCUT2D eigenvalue weighted by Gasteiger charge is -2.50. The number of nitrogens with zero attached hydrogens (tertiary/aromatic N) is 1. The molecule has 0 radical (unpaired) electrons. The molecule has 6 heteroatoms. The summed E-state index contributed by atoms with van der Waals surface area (Å²) in [7, 11) is 1.52.